The Kier molecular flexibility index (Phi) is 3.53. The largest absolute Gasteiger partial charge is 0.480 e. The molecule has 0 aromatic rings. The second kappa shape index (κ2) is 4.30. The molecule has 82 valence electrons. The summed E-state index contributed by atoms with van der Waals surface area (Å²) in [7, 11) is 0. The van der Waals surface area contributed by atoms with Crippen LogP contribution in [0.4, 0.5) is 0 Å². The third-order valence-electron chi connectivity index (χ3n) is 3.36. The molecule has 0 amide bonds. The Morgan fingerprint density at radius 1 is 1.50 bits per heavy atom. The predicted octanol–water partition coefficient (Wildman–Crippen LogP) is 2.00. The van der Waals surface area contributed by atoms with Gasteiger partial charge >= 0.3 is 5.97 Å². The van der Waals surface area contributed by atoms with E-state index in [2.05, 4.69) is 13.8 Å². The lowest BCUT2D eigenvalue weighted by Gasteiger charge is -2.34. The van der Waals surface area contributed by atoms with Crippen molar-refractivity contribution in [3.8, 4) is 0 Å². The van der Waals surface area contributed by atoms with Crippen molar-refractivity contribution in [2.75, 3.05) is 0 Å². The molecule has 0 aromatic heterocycles. The number of carbonyl (C=O) groups is 1. The number of hydrogen-bond donors (Lipinski definition) is 2. The summed E-state index contributed by atoms with van der Waals surface area (Å²) in [4.78, 5) is 10.6. The fraction of sp³-hybridized carbons (Fsp3) is 0.909. The summed E-state index contributed by atoms with van der Waals surface area (Å²) in [6.45, 7) is 4.56. The summed E-state index contributed by atoms with van der Waals surface area (Å²) in [5.74, 6) is -0.344. The van der Waals surface area contributed by atoms with Crippen LogP contribution < -0.4 is 5.73 Å². The summed E-state index contributed by atoms with van der Waals surface area (Å²) in [6, 6.07) is -0.666. The molecule has 3 heteroatoms. The van der Waals surface area contributed by atoms with Gasteiger partial charge in [-0.25, -0.2) is 0 Å². The van der Waals surface area contributed by atoms with Crippen LogP contribution in [0.15, 0.2) is 0 Å². The van der Waals surface area contributed by atoms with E-state index in [4.69, 9.17) is 10.8 Å². The number of hydrogen-bond acceptors (Lipinski definition) is 2. The topological polar surface area (TPSA) is 63.3 Å². The van der Waals surface area contributed by atoms with E-state index in [1.54, 1.807) is 0 Å². The van der Waals surface area contributed by atoms with Gasteiger partial charge in [0.25, 0.3) is 0 Å². The first-order chi connectivity index (χ1) is 6.41. The maximum absolute atomic E-state index is 10.6. The Bertz CT molecular complexity index is 203. The van der Waals surface area contributed by atoms with Gasteiger partial charge < -0.3 is 10.8 Å². The van der Waals surface area contributed by atoms with Crippen molar-refractivity contribution >= 4 is 5.97 Å². The predicted molar refractivity (Wildman–Crippen MR) is 56.0 cm³/mol. The van der Waals surface area contributed by atoms with Crippen LogP contribution in [0.5, 0.6) is 0 Å². The lowest BCUT2D eigenvalue weighted by Crippen LogP contribution is -2.34. The van der Waals surface area contributed by atoms with Crippen molar-refractivity contribution < 1.29 is 9.90 Å². The SMILES string of the molecule is CC1(C)CCC(C[C@@H](N)C(=O)O)CC1. The Morgan fingerprint density at radius 3 is 2.43 bits per heavy atom. The van der Waals surface area contributed by atoms with Gasteiger partial charge in [-0.2, -0.15) is 0 Å². The van der Waals surface area contributed by atoms with E-state index in [-0.39, 0.29) is 0 Å². The molecule has 0 unspecified atom stereocenters. The van der Waals surface area contributed by atoms with Gasteiger partial charge in [0.1, 0.15) is 6.04 Å². The summed E-state index contributed by atoms with van der Waals surface area (Å²) in [5.41, 5.74) is 5.96. The average molecular weight is 199 g/mol. The summed E-state index contributed by atoms with van der Waals surface area (Å²) in [5, 5.41) is 8.69. The van der Waals surface area contributed by atoms with Gasteiger partial charge in [-0.05, 0) is 43.4 Å². The zero-order chi connectivity index (χ0) is 10.8. The quantitative estimate of drug-likeness (QED) is 0.730. The highest BCUT2D eigenvalue weighted by molar-refractivity contribution is 5.73. The van der Waals surface area contributed by atoms with Gasteiger partial charge in [-0.3, -0.25) is 4.79 Å². The minimum atomic E-state index is -0.866. The van der Waals surface area contributed by atoms with Gasteiger partial charge in [-0.15, -0.1) is 0 Å². The zero-order valence-corrected chi connectivity index (χ0v) is 9.12. The highest BCUT2D eigenvalue weighted by Crippen LogP contribution is 2.39. The lowest BCUT2D eigenvalue weighted by molar-refractivity contribution is -0.139. The van der Waals surface area contributed by atoms with E-state index < -0.39 is 12.0 Å². The van der Waals surface area contributed by atoms with Crippen LogP contribution in [0.25, 0.3) is 0 Å². The first-order valence-electron chi connectivity index (χ1n) is 5.39. The average Bonchev–Trinajstić information content (AvgIpc) is 2.08. The molecule has 3 nitrogen and oxygen atoms in total. The van der Waals surface area contributed by atoms with Crippen LogP contribution in [-0.4, -0.2) is 17.1 Å². The Labute approximate surface area is 85.7 Å². The molecular weight excluding hydrogens is 178 g/mol. The van der Waals surface area contributed by atoms with E-state index in [1.165, 1.54) is 12.8 Å². The number of aliphatic carboxylic acids is 1. The van der Waals surface area contributed by atoms with Gasteiger partial charge in [0.2, 0.25) is 0 Å². The molecule has 0 saturated heterocycles. The van der Waals surface area contributed by atoms with Crippen LogP contribution in [-0.2, 0) is 4.79 Å². The van der Waals surface area contributed by atoms with E-state index in [0.717, 1.165) is 12.8 Å². The van der Waals surface area contributed by atoms with E-state index >= 15 is 0 Å². The van der Waals surface area contributed by atoms with Crippen molar-refractivity contribution in [1.29, 1.82) is 0 Å². The zero-order valence-electron chi connectivity index (χ0n) is 9.12. The molecular formula is C11H21NO2. The smallest absolute Gasteiger partial charge is 0.320 e. The maximum atomic E-state index is 10.6. The molecule has 1 aliphatic rings. The molecule has 0 aliphatic heterocycles. The fourth-order valence-electron chi connectivity index (χ4n) is 2.15. The molecule has 0 radical (unpaired) electrons. The maximum Gasteiger partial charge on any atom is 0.320 e. The lowest BCUT2D eigenvalue weighted by atomic mass is 9.72. The molecule has 1 fully saturated rings. The van der Waals surface area contributed by atoms with E-state index in [1.807, 2.05) is 0 Å². The minimum absolute atomic E-state index is 0.448. The third-order valence-corrected chi connectivity index (χ3v) is 3.36. The van der Waals surface area contributed by atoms with Crippen molar-refractivity contribution in [2.24, 2.45) is 17.1 Å². The van der Waals surface area contributed by atoms with Gasteiger partial charge in [0.05, 0.1) is 0 Å². The van der Waals surface area contributed by atoms with Gasteiger partial charge in [0, 0.05) is 0 Å². The number of nitrogens with two attached hydrogens (primary N) is 1. The summed E-state index contributed by atoms with van der Waals surface area (Å²) < 4.78 is 0. The normalized spacial score (nSPS) is 24.5. The van der Waals surface area contributed by atoms with E-state index in [9.17, 15) is 4.79 Å². The molecule has 0 bridgehead atoms. The highest BCUT2D eigenvalue weighted by atomic mass is 16.4. The monoisotopic (exact) mass is 199 g/mol. The molecule has 0 aromatic carbocycles. The minimum Gasteiger partial charge on any atom is -0.480 e. The van der Waals surface area contributed by atoms with Crippen LogP contribution >= 0.6 is 0 Å². The Morgan fingerprint density at radius 2 is 2.00 bits per heavy atom. The van der Waals surface area contributed by atoms with Crippen molar-refractivity contribution in [1.82, 2.24) is 0 Å². The molecule has 0 heterocycles. The Balaban J connectivity index is 2.32. The molecule has 1 saturated carbocycles. The van der Waals surface area contributed by atoms with Crippen molar-refractivity contribution in [3.05, 3.63) is 0 Å². The Hall–Kier alpha value is -0.570. The van der Waals surface area contributed by atoms with Gasteiger partial charge in [0.15, 0.2) is 0 Å². The second-order valence-electron chi connectivity index (χ2n) is 5.29. The van der Waals surface area contributed by atoms with E-state index in [0.29, 0.717) is 17.8 Å². The third kappa shape index (κ3) is 3.29. The molecule has 14 heavy (non-hydrogen) atoms. The standard InChI is InChI=1S/C11H21NO2/c1-11(2)5-3-8(4-6-11)7-9(12)10(13)14/h8-9H,3-7,12H2,1-2H3,(H,13,14)/t9-/m1/s1. The first kappa shape index (κ1) is 11.5. The first-order valence-corrected chi connectivity index (χ1v) is 5.39. The van der Waals surface area contributed by atoms with Crippen LogP contribution in [0, 0.1) is 11.3 Å². The summed E-state index contributed by atoms with van der Waals surface area (Å²) in [6.07, 6.45) is 5.31. The summed E-state index contributed by atoms with van der Waals surface area (Å²) >= 11 is 0. The van der Waals surface area contributed by atoms with Crippen LogP contribution in [0.2, 0.25) is 0 Å². The van der Waals surface area contributed by atoms with Gasteiger partial charge in [-0.1, -0.05) is 13.8 Å². The molecule has 3 N–H and O–H groups in total. The van der Waals surface area contributed by atoms with Crippen molar-refractivity contribution in [3.63, 3.8) is 0 Å². The van der Waals surface area contributed by atoms with Crippen LogP contribution in [0.1, 0.15) is 46.0 Å². The van der Waals surface area contributed by atoms with Crippen LogP contribution in [0.3, 0.4) is 0 Å². The number of carboxylic acid groups (broad SMARTS) is 1. The number of carboxylic acids is 1. The highest BCUT2D eigenvalue weighted by Gasteiger charge is 2.28. The second-order valence-corrected chi connectivity index (χ2v) is 5.29. The molecule has 1 rings (SSSR count). The molecule has 1 atom stereocenters. The molecule has 0 spiro atoms. The van der Waals surface area contributed by atoms with Crippen molar-refractivity contribution in [2.45, 2.75) is 52.0 Å². The molecule has 1 aliphatic carbocycles. The number of rotatable bonds is 3. The fourth-order valence-corrected chi connectivity index (χ4v) is 2.15.